The van der Waals surface area contributed by atoms with Gasteiger partial charge in [-0.2, -0.15) is 0 Å². The van der Waals surface area contributed by atoms with Crippen LogP contribution < -0.4 is 5.32 Å². The van der Waals surface area contributed by atoms with Crippen molar-refractivity contribution >= 4 is 27.5 Å². The van der Waals surface area contributed by atoms with E-state index in [0.717, 1.165) is 29.4 Å². The van der Waals surface area contributed by atoms with E-state index >= 15 is 0 Å². The zero-order chi connectivity index (χ0) is 15.2. The van der Waals surface area contributed by atoms with Gasteiger partial charge in [0.25, 0.3) is 0 Å². The average Bonchev–Trinajstić information content (AvgIpc) is 2.48. The quantitative estimate of drug-likeness (QED) is 0.705. The summed E-state index contributed by atoms with van der Waals surface area (Å²) in [6, 6.07) is 13.0. The summed E-state index contributed by atoms with van der Waals surface area (Å²) in [6.07, 6.45) is 1.77. The van der Waals surface area contributed by atoms with E-state index in [4.69, 9.17) is 11.6 Å². The van der Waals surface area contributed by atoms with Crippen molar-refractivity contribution in [1.29, 1.82) is 0 Å². The van der Waals surface area contributed by atoms with Gasteiger partial charge in [0.05, 0.1) is 5.02 Å². The Morgan fingerprint density at radius 2 is 1.95 bits per heavy atom. The van der Waals surface area contributed by atoms with Gasteiger partial charge < -0.3 is 5.32 Å². The molecule has 0 fully saturated rings. The highest BCUT2D eigenvalue weighted by Crippen LogP contribution is 2.29. The minimum absolute atomic E-state index is 0.00755. The minimum atomic E-state index is -0.371. The number of benzene rings is 2. The molecule has 4 heteroatoms. The van der Waals surface area contributed by atoms with Gasteiger partial charge in [-0.1, -0.05) is 64.8 Å². The van der Waals surface area contributed by atoms with E-state index in [1.807, 2.05) is 24.3 Å². The van der Waals surface area contributed by atoms with Crippen molar-refractivity contribution in [2.75, 3.05) is 6.54 Å². The molecule has 0 aliphatic carbocycles. The third kappa shape index (κ3) is 4.29. The molecule has 21 heavy (non-hydrogen) atoms. The van der Waals surface area contributed by atoms with E-state index in [0.29, 0.717) is 0 Å². The summed E-state index contributed by atoms with van der Waals surface area (Å²) in [5, 5.41) is 3.66. The average molecular weight is 371 g/mol. The Kier molecular flexibility index (Phi) is 6.22. The molecule has 0 aliphatic rings. The van der Waals surface area contributed by atoms with Gasteiger partial charge in [0.15, 0.2) is 0 Å². The summed E-state index contributed by atoms with van der Waals surface area (Å²) in [5.74, 6) is -0.371. The first kappa shape index (κ1) is 16.5. The molecule has 0 saturated carbocycles. The van der Waals surface area contributed by atoms with E-state index in [-0.39, 0.29) is 16.9 Å². The molecule has 0 aliphatic heterocycles. The Bertz CT molecular complexity index is 603. The first-order valence-corrected chi connectivity index (χ1v) is 8.21. The van der Waals surface area contributed by atoms with Crippen LogP contribution in [0.25, 0.3) is 0 Å². The van der Waals surface area contributed by atoms with Gasteiger partial charge in [-0.05, 0) is 42.6 Å². The van der Waals surface area contributed by atoms with Crippen LogP contribution in [0.15, 0.2) is 46.9 Å². The van der Waals surface area contributed by atoms with Crippen molar-refractivity contribution in [1.82, 2.24) is 5.32 Å². The largest absolute Gasteiger partial charge is 0.310 e. The molecular weight excluding hydrogens is 353 g/mol. The van der Waals surface area contributed by atoms with Crippen LogP contribution in [0.5, 0.6) is 0 Å². The van der Waals surface area contributed by atoms with Crippen molar-refractivity contribution in [3.8, 4) is 0 Å². The zero-order valence-corrected chi connectivity index (χ0v) is 14.2. The molecular formula is C17H18BrClFN. The second kappa shape index (κ2) is 7.92. The fourth-order valence-corrected chi connectivity index (χ4v) is 2.99. The van der Waals surface area contributed by atoms with Crippen molar-refractivity contribution in [2.45, 2.75) is 25.8 Å². The summed E-state index contributed by atoms with van der Waals surface area (Å²) >= 11 is 9.71. The van der Waals surface area contributed by atoms with Gasteiger partial charge in [-0.3, -0.25) is 0 Å². The number of nitrogens with one attached hydrogen (secondary N) is 1. The topological polar surface area (TPSA) is 12.0 Å². The summed E-state index contributed by atoms with van der Waals surface area (Å²) in [5.41, 5.74) is 1.98. The van der Waals surface area contributed by atoms with Crippen LogP contribution in [0.3, 0.4) is 0 Å². The van der Waals surface area contributed by atoms with E-state index in [1.54, 1.807) is 6.07 Å². The lowest BCUT2D eigenvalue weighted by Gasteiger charge is -2.21. The molecule has 1 nitrogen and oxygen atoms in total. The van der Waals surface area contributed by atoms with Gasteiger partial charge in [-0.25, -0.2) is 4.39 Å². The van der Waals surface area contributed by atoms with Crippen LogP contribution in [-0.2, 0) is 6.42 Å². The predicted molar refractivity (Wildman–Crippen MR) is 90.3 cm³/mol. The lowest BCUT2D eigenvalue weighted by molar-refractivity contribution is 0.524. The van der Waals surface area contributed by atoms with Crippen molar-refractivity contribution in [3.05, 3.63) is 68.9 Å². The molecule has 1 atom stereocenters. The first-order chi connectivity index (χ1) is 10.1. The summed E-state index contributed by atoms with van der Waals surface area (Å²) < 4.78 is 14.8. The van der Waals surface area contributed by atoms with Crippen molar-refractivity contribution in [3.63, 3.8) is 0 Å². The van der Waals surface area contributed by atoms with E-state index in [1.165, 1.54) is 11.6 Å². The molecule has 1 N–H and O–H groups in total. The van der Waals surface area contributed by atoms with Crippen LogP contribution in [0.1, 0.15) is 30.5 Å². The maximum absolute atomic E-state index is 13.7. The van der Waals surface area contributed by atoms with Gasteiger partial charge in [0.2, 0.25) is 0 Å². The number of halogens is 3. The van der Waals surface area contributed by atoms with E-state index < -0.39 is 0 Å². The Morgan fingerprint density at radius 1 is 1.19 bits per heavy atom. The summed E-state index contributed by atoms with van der Waals surface area (Å²) in [4.78, 5) is 0. The number of rotatable bonds is 6. The Hall–Kier alpha value is -0.900. The molecule has 0 bridgehead atoms. The monoisotopic (exact) mass is 369 g/mol. The highest BCUT2D eigenvalue weighted by molar-refractivity contribution is 9.10. The molecule has 0 amide bonds. The van der Waals surface area contributed by atoms with Crippen LogP contribution in [0.4, 0.5) is 4.39 Å². The van der Waals surface area contributed by atoms with Crippen LogP contribution in [0, 0.1) is 5.82 Å². The number of hydrogen-bond acceptors (Lipinski definition) is 1. The second-order valence-corrected chi connectivity index (χ2v) is 6.18. The second-order valence-electron chi connectivity index (χ2n) is 4.95. The smallest absolute Gasteiger partial charge is 0.142 e. The van der Waals surface area contributed by atoms with Gasteiger partial charge in [0, 0.05) is 10.5 Å². The molecule has 0 radical (unpaired) electrons. The molecule has 0 saturated heterocycles. The molecule has 1 unspecified atom stereocenters. The van der Waals surface area contributed by atoms with Crippen LogP contribution in [0.2, 0.25) is 5.02 Å². The minimum Gasteiger partial charge on any atom is -0.310 e. The van der Waals surface area contributed by atoms with Gasteiger partial charge in [0.1, 0.15) is 5.82 Å². The molecule has 2 rings (SSSR count). The fraction of sp³-hybridized carbons (Fsp3) is 0.294. The van der Waals surface area contributed by atoms with E-state index in [9.17, 15) is 4.39 Å². The first-order valence-electron chi connectivity index (χ1n) is 7.04. The predicted octanol–water partition coefficient (Wildman–Crippen LogP) is 5.53. The lowest BCUT2D eigenvalue weighted by atomic mass is 9.98. The molecule has 0 aromatic heterocycles. The lowest BCUT2D eigenvalue weighted by Crippen LogP contribution is -2.24. The van der Waals surface area contributed by atoms with Gasteiger partial charge >= 0.3 is 0 Å². The Morgan fingerprint density at radius 3 is 2.67 bits per heavy atom. The molecule has 112 valence electrons. The Labute approximate surface area is 138 Å². The summed E-state index contributed by atoms with van der Waals surface area (Å²) in [6.45, 7) is 2.97. The van der Waals surface area contributed by atoms with Crippen molar-refractivity contribution < 1.29 is 4.39 Å². The molecule has 0 spiro atoms. The normalized spacial score (nSPS) is 12.4. The third-order valence-corrected chi connectivity index (χ3v) is 4.55. The highest BCUT2D eigenvalue weighted by Gasteiger charge is 2.17. The SMILES string of the molecule is CCCNC(Cc1ccccc1Br)c1cccc(F)c1Cl. The van der Waals surface area contributed by atoms with Gasteiger partial charge in [-0.15, -0.1) is 0 Å². The maximum atomic E-state index is 13.7. The Balaban J connectivity index is 2.30. The summed E-state index contributed by atoms with van der Waals surface area (Å²) in [7, 11) is 0. The molecule has 0 heterocycles. The van der Waals surface area contributed by atoms with E-state index in [2.05, 4.69) is 34.2 Å². The highest BCUT2D eigenvalue weighted by atomic mass is 79.9. The maximum Gasteiger partial charge on any atom is 0.142 e. The fourth-order valence-electron chi connectivity index (χ4n) is 2.28. The molecule has 2 aromatic carbocycles. The molecule has 2 aromatic rings. The van der Waals surface area contributed by atoms with Crippen LogP contribution in [-0.4, -0.2) is 6.54 Å². The zero-order valence-electron chi connectivity index (χ0n) is 11.9. The number of hydrogen-bond donors (Lipinski definition) is 1. The van der Waals surface area contributed by atoms with Crippen LogP contribution >= 0.6 is 27.5 Å². The van der Waals surface area contributed by atoms with Crippen molar-refractivity contribution in [2.24, 2.45) is 0 Å². The third-order valence-electron chi connectivity index (χ3n) is 3.38. The standard InChI is InChI=1S/C17H18BrClFN/c1-2-10-21-16(11-12-6-3-4-8-14(12)18)13-7-5-9-15(20)17(13)19/h3-9,16,21H,2,10-11H2,1H3.